The second kappa shape index (κ2) is 8.75. The molecule has 1 saturated heterocycles. The van der Waals surface area contributed by atoms with Crippen LogP contribution in [0.5, 0.6) is 5.75 Å². The Balaban J connectivity index is 1.47. The molecule has 2 heterocycles. The number of carbonyl (C=O) groups is 2. The van der Waals surface area contributed by atoms with E-state index >= 15 is 0 Å². The largest absolute Gasteiger partial charge is 0.493 e. The minimum atomic E-state index is -0.547. The second-order valence-corrected chi connectivity index (χ2v) is 7.52. The van der Waals surface area contributed by atoms with Crippen molar-refractivity contribution in [2.45, 2.75) is 32.4 Å². The quantitative estimate of drug-likeness (QED) is 0.660. The van der Waals surface area contributed by atoms with Crippen LogP contribution in [0, 0.1) is 5.82 Å². The van der Waals surface area contributed by atoms with Crippen molar-refractivity contribution in [3.63, 3.8) is 0 Å². The lowest BCUT2D eigenvalue weighted by Gasteiger charge is -2.25. The summed E-state index contributed by atoms with van der Waals surface area (Å²) in [6.07, 6.45) is 1.36. The van der Waals surface area contributed by atoms with E-state index in [1.807, 2.05) is 24.6 Å². The number of fused-ring (bicyclic) bond motifs is 1. The van der Waals surface area contributed by atoms with Gasteiger partial charge in [0.1, 0.15) is 23.4 Å². The van der Waals surface area contributed by atoms with Gasteiger partial charge in [-0.1, -0.05) is 12.1 Å². The molecule has 1 fully saturated rings. The van der Waals surface area contributed by atoms with Gasteiger partial charge in [-0.15, -0.1) is 0 Å². The van der Waals surface area contributed by atoms with Crippen molar-refractivity contribution in [1.82, 2.24) is 19.8 Å². The van der Waals surface area contributed by atoms with Crippen molar-refractivity contribution in [2.24, 2.45) is 7.05 Å². The second-order valence-electron chi connectivity index (χ2n) is 7.52. The van der Waals surface area contributed by atoms with Gasteiger partial charge in [0.25, 0.3) is 5.91 Å². The molecule has 2 aromatic carbocycles. The number of rotatable bonds is 6. The number of imidazole rings is 1. The number of carbonyl (C=O) groups excluding carboxylic acids is 2. The van der Waals surface area contributed by atoms with E-state index in [0.29, 0.717) is 42.2 Å². The fourth-order valence-corrected chi connectivity index (χ4v) is 4.03. The molecule has 7 nitrogen and oxygen atoms in total. The number of benzene rings is 2. The highest BCUT2D eigenvalue weighted by Gasteiger charge is 2.35. The molecule has 3 aromatic rings. The van der Waals surface area contributed by atoms with Gasteiger partial charge in [-0.25, -0.2) is 9.37 Å². The first-order valence-electron chi connectivity index (χ1n) is 10.4. The van der Waals surface area contributed by atoms with Crippen LogP contribution in [0.4, 0.5) is 4.39 Å². The summed E-state index contributed by atoms with van der Waals surface area (Å²) in [6.45, 7) is 3.03. The summed E-state index contributed by atoms with van der Waals surface area (Å²) in [7, 11) is 1.82. The first-order valence-corrected chi connectivity index (χ1v) is 10.4. The van der Waals surface area contributed by atoms with Crippen LogP contribution in [0.2, 0.25) is 0 Å². The molecule has 31 heavy (non-hydrogen) atoms. The number of aromatic nitrogens is 2. The molecule has 1 aliphatic rings. The van der Waals surface area contributed by atoms with E-state index in [1.54, 1.807) is 29.2 Å². The summed E-state index contributed by atoms with van der Waals surface area (Å²) in [5.41, 5.74) is 1.79. The van der Waals surface area contributed by atoms with Crippen molar-refractivity contribution in [3.05, 3.63) is 59.7 Å². The molecular formula is C23H25FN4O3. The molecule has 162 valence electrons. The Bertz CT molecular complexity index is 1130. The molecule has 0 saturated carbocycles. The highest BCUT2D eigenvalue weighted by atomic mass is 19.1. The van der Waals surface area contributed by atoms with E-state index in [2.05, 4.69) is 10.3 Å². The van der Waals surface area contributed by atoms with Crippen molar-refractivity contribution in [2.75, 3.05) is 13.2 Å². The predicted octanol–water partition coefficient (Wildman–Crippen LogP) is 3.03. The lowest BCUT2D eigenvalue weighted by Crippen LogP contribution is -2.46. The third-order valence-corrected chi connectivity index (χ3v) is 5.59. The standard InChI is InChI=1S/C23H25FN4O3/c1-3-31-20-9-5-4-7-16(20)23(30)28-12-6-8-19(28)22(29)25-14-21-26-17-13-15(24)10-11-18(17)27(21)2/h4-5,7,9-11,13,19H,3,6,8,12,14H2,1-2H3,(H,25,29). The van der Waals surface area contributed by atoms with Crippen LogP contribution in [0.1, 0.15) is 35.9 Å². The van der Waals surface area contributed by atoms with E-state index in [-0.39, 0.29) is 24.2 Å². The lowest BCUT2D eigenvalue weighted by molar-refractivity contribution is -0.125. The number of nitrogens with zero attached hydrogens (tertiary/aromatic N) is 3. The lowest BCUT2D eigenvalue weighted by atomic mass is 10.1. The van der Waals surface area contributed by atoms with Gasteiger partial charge in [-0.3, -0.25) is 9.59 Å². The minimum Gasteiger partial charge on any atom is -0.493 e. The Hall–Kier alpha value is -3.42. The first-order chi connectivity index (χ1) is 15.0. The van der Waals surface area contributed by atoms with Gasteiger partial charge in [0.2, 0.25) is 5.91 Å². The Kier molecular flexibility index (Phi) is 5.88. The maximum Gasteiger partial charge on any atom is 0.258 e. The zero-order chi connectivity index (χ0) is 22.0. The summed E-state index contributed by atoms with van der Waals surface area (Å²) in [5, 5.41) is 2.89. The molecule has 1 atom stereocenters. The van der Waals surface area contributed by atoms with Crippen LogP contribution in [-0.4, -0.2) is 45.5 Å². The smallest absolute Gasteiger partial charge is 0.258 e. The fraction of sp³-hybridized carbons (Fsp3) is 0.348. The normalized spacial score (nSPS) is 16.0. The Morgan fingerprint density at radius 3 is 2.87 bits per heavy atom. The molecule has 8 heteroatoms. The van der Waals surface area contributed by atoms with Crippen LogP contribution >= 0.6 is 0 Å². The van der Waals surface area contributed by atoms with Crippen molar-refractivity contribution < 1.29 is 18.7 Å². The third-order valence-electron chi connectivity index (χ3n) is 5.59. The highest BCUT2D eigenvalue weighted by Crippen LogP contribution is 2.25. The number of para-hydroxylation sites is 1. The average Bonchev–Trinajstić information content (AvgIpc) is 3.37. The molecule has 1 aliphatic heterocycles. The third kappa shape index (κ3) is 4.10. The topological polar surface area (TPSA) is 76.5 Å². The van der Waals surface area contributed by atoms with Gasteiger partial charge in [-0.05, 0) is 44.0 Å². The summed E-state index contributed by atoms with van der Waals surface area (Å²) < 4.78 is 20.9. The number of nitrogens with one attached hydrogen (secondary N) is 1. The van der Waals surface area contributed by atoms with E-state index in [0.717, 1.165) is 11.9 Å². The minimum absolute atomic E-state index is 0.194. The molecule has 0 bridgehead atoms. The van der Waals surface area contributed by atoms with Crippen LogP contribution in [0.25, 0.3) is 11.0 Å². The summed E-state index contributed by atoms with van der Waals surface area (Å²) in [6, 6.07) is 11.0. The van der Waals surface area contributed by atoms with Crippen LogP contribution in [0.3, 0.4) is 0 Å². The molecule has 2 amide bonds. The molecule has 0 aliphatic carbocycles. The van der Waals surface area contributed by atoms with Crippen molar-refractivity contribution in [3.8, 4) is 5.75 Å². The first kappa shape index (κ1) is 20.8. The van der Waals surface area contributed by atoms with Gasteiger partial charge < -0.3 is 19.5 Å². The maximum absolute atomic E-state index is 13.5. The summed E-state index contributed by atoms with van der Waals surface area (Å²) in [4.78, 5) is 32.1. The van der Waals surface area contributed by atoms with Gasteiger partial charge in [0.15, 0.2) is 0 Å². The number of aryl methyl sites for hydroxylation is 1. The molecule has 0 spiro atoms. The number of likely N-dealkylation sites (tertiary alicyclic amines) is 1. The molecular weight excluding hydrogens is 399 g/mol. The number of amides is 2. The van der Waals surface area contributed by atoms with Gasteiger partial charge in [-0.2, -0.15) is 0 Å². The maximum atomic E-state index is 13.5. The van der Waals surface area contributed by atoms with E-state index < -0.39 is 6.04 Å². The number of hydrogen-bond acceptors (Lipinski definition) is 4. The summed E-state index contributed by atoms with van der Waals surface area (Å²) >= 11 is 0. The Labute approximate surface area is 179 Å². The monoisotopic (exact) mass is 424 g/mol. The molecule has 1 N–H and O–H groups in total. The Morgan fingerprint density at radius 1 is 1.26 bits per heavy atom. The number of halogens is 1. The van der Waals surface area contributed by atoms with Crippen LogP contribution < -0.4 is 10.1 Å². The molecule has 0 radical (unpaired) electrons. The Morgan fingerprint density at radius 2 is 2.06 bits per heavy atom. The average molecular weight is 424 g/mol. The molecule has 4 rings (SSSR count). The van der Waals surface area contributed by atoms with Crippen LogP contribution in [0.15, 0.2) is 42.5 Å². The van der Waals surface area contributed by atoms with Crippen molar-refractivity contribution in [1.29, 1.82) is 0 Å². The van der Waals surface area contributed by atoms with Gasteiger partial charge in [0, 0.05) is 19.7 Å². The van der Waals surface area contributed by atoms with Crippen LogP contribution in [-0.2, 0) is 18.4 Å². The predicted molar refractivity (Wildman–Crippen MR) is 114 cm³/mol. The van der Waals surface area contributed by atoms with Gasteiger partial charge in [0.05, 0.1) is 29.7 Å². The van der Waals surface area contributed by atoms with E-state index in [1.165, 1.54) is 12.1 Å². The molecule has 1 aromatic heterocycles. The number of hydrogen-bond donors (Lipinski definition) is 1. The molecule has 1 unspecified atom stereocenters. The SMILES string of the molecule is CCOc1ccccc1C(=O)N1CCCC1C(=O)NCc1nc2cc(F)ccc2n1C. The zero-order valence-corrected chi connectivity index (χ0v) is 17.6. The van der Waals surface area contributed by atoms with Gasteiger partial charge >= 0.3 is 0 Å². The van der Waals surface area contributed by atoms with Crippen molar-refractivity contribution >= 4 is 22.8 Å². The van der Waals surface area contributed by atoms with E-state index in [9.17, 15) is 14.0 Å². The fourth-order valence-electron chi connectivity index (χ4n) is 4.03. The van der Waals surface area contributed by atoms with E-state index in [4.69, 9.17) is 4.74 Å². The highest BCUT2D eigenvalue weighted by molar-refractivity contribution is 6.00. The summed E-state index contributed by atoms with van der Waals surface area (Å²) in [5.74, 6) is 0.353. The zero-order valence-electron chi connectivity index (χ0n) is 17.6. The number of ether oxygens (including phenoxy) is 1.